The molecule has 2 N–H and O–H groups in total. The van der Waals surface area contributed by atoms with Crippen molar-refractivity contribution in [3.8, 4) is 0 Å². The summed E-state index contributed by atoms with van der Waals surface area (Å²) >= 11 is 7.12. The third kappa shape index (κ3) is 4.80. The lowest BCUT2D eigenvalue weighted by atomic mass is 10.0. The summed E-state index contributed by atoms with van der Waals surface area (Å²) in [5.41, 5.74) is 2.56. The summed E-state index contributed by atoms with van der Waals surface area (Å²) in [6.45, 7) is 3.50. The molecular weight excluding hydrogens is 312 g/mol. The van der Waals surface area contributed by atoms with E-state index in [0.29, 0.717) is 18.3 Å². The van der Waals surface area contributed by atoms with Gasteiger partial charge < -0.3 is 15.4 Å². The molecule has 5 heteroatoms. The van der Waals surface area contributed by atoms with E-state index < -0.39 is 0 Å². The molecule has 1 atom stereocenters. The van der Waals surface area contributed by atoms with Gasteiger partial charge in [-0.1, -0.05) is 37.3 Å². The number of hydrogen-bond donors (Lipinski definition) is 2. The smallest absolute Gasteiger partial charge is 0.167 e. The number of rotatable bonds is 7. The lowest BCUT2D eigenvalue weighted by Crippen LogP contribution is -2.39. The SMILES string of the molecule is CCc1ccc([C@@H](NC(=S)NCCOC)c2cccs2)cc1. The van der Waals surface area contributed by atoms with E-state index in [-0.39, 0.29) is 6.04 Å². The molecule has 0 saturated heterocycles. The predicted molar refractivity (Wildman–Crippen MR) is 97.6 cm³/mol. The predicted octanol–water partition coefficient (Wildman–Crippen LogP) is 3.51. The van der Waals surface area contributed by atoms with Crippen LogP contribution in [0.15, 0.2) is 41.8 Å². The summed E-state index contributed by atoms with van der Waals surface area (Å²) in [6.07, 6.45) is 1.05. The second kappa shape index (κ2) is 8.88. The molecule has 1 aromatic heterocycles. The zero-order valence-electron chi connectivity index (χ0n) is 13.0. The molecule has 0 spiro atoms. The van der Waals surface area contributed by atoms with Crippen molar-refractivity contribution in [3.05, 3.63) is 57.8 Å². The fourth-order valence-electron chi connectivity index (χ4n) is 2.17. The third-order valence-electron chi connectivity index (χ3n) is 3.42. The Morgan fingerprint density at radius 2 is 2.05 bits per heavy atom. The maximum absolute atomic E-state index is 5.39. The first kappa shape index (κ1) is 16.9. The summed E-state index contributed by atoms with van der Waals surface area (Å²) in [6, 6.07) is 13.0. The van der Waals surface area contributed by atoms with Gasteiger partial charge in [0.05, 0.1) is 12.6 Å². The Morgan fingerprint density at radius 3 is 2.64 bits per heavy atom. The van der Waals surface area contributed by atoms with Gasteiger partial charge in [-0.2, -0.15) is 0 Å². The molecule has 0 bridgehead atoms. The van der Waals surface area contributed by atoms with Crippen molar-refractivity contribution in [1.82, 2.24) is 10.6 Å². The molecule has 0 unspecified atom stereocenters. The third-order valence-corrected chi connectivity index (χ3v) is 4.62. The summed E-state index contributed by atoms with van der Waals surface area (Å²) < 4.78 is 5.03. The van der Waals surface area contributed by atoms with E-state index in [1.54, 1.807) is 18.4 Å². The number of thiophene rings is 1. The minimum absolute atomic E-state index is 0.0773. The van der Waals surface area contributed by atoms with Crippen molar-refractivity contribution < 1.29 is 4.74 Å². The van der Waals surface area contributed by atoms with Crippen LogP contribution in [-0.2, 0) is 11.2 Å². The Morgan fingerprint density at radius 1 is 1.27 bits per heavy atom. The van der Waals surface area contributed by atoms with Gasteiger partial charge in [0.2, 0.25) is 0 Å². The summed E-state index contributed by atoms with van der Waals surface area (Å²) in [5, 5.41) is 9.31. The van der Waals surface area contributed by atoms with Gasteiger partial charge >= 0.3 is 0 Å². The van der Waals surface area contributed by atoms with Gasteiger partial charge in [-0.15, -0.1) is 11.3 Å². The second-order valence-corrected chi connectivity index (χ2v) is 6.32. The van der Waals surface area contributed by atoms with Crippen molar-refractivity contribution in [1.29, 1.82) is 0 Å². The molecule has 1 aromatic carbocycles. The molecule has 0 amide bonds. The lowest BCUT2D eigenvalue weighted by Gasteiger charge is -2.20. The van der Waals surface area contributed by atoms with Crippen LogP contribution >= 0.6 is 23.6 Å². The number of aryl methyl sites for hydroxylation is 1. The van der Waals surface area contributed by atoms with Gasteiger partial charge in [-0.05, 0) is 41.2 Å². The number of thiocarbonyl (C=S) groups is 1. The fourth-order valence-corrected chi connectivity index (χ4v) is 3.19. The number of methoxy groups -OCH3 is 1. The molecule has 0 saturated carbocycles. The molecule has 1 heterocycles. The molecule has 2 rings (SSSR count). The minimum atomic E-state index is 0.0773. The standard InChI is InChI=1S/C17H22N2OS2/c1-3-13-6-8-14(9-7-13)16(15-5-4-12-22-15)19-17(21)18-10-11-20-2/h4-9,12,16H,3,10-11H2,1-2H3,(H2,18,19,21)/t16-/m1/s1. The van der Waals surface area contributed by atoms with Crippen molar-refractivity contribution in [2.45, 2.75) is 19.4 Å². The zero-order valence-corrected chi connectivity index (χ0v) is 14.6. The molecule has 0 fully saturated rings. The maximum atomic E-state index is 5.39. The maximum Gasteiger partial charge on any atom is 0.167 e. The molecule has 0 aliphatic rings. The van der Waals surface area contributed by atoms with E-state index in [4.69, 9.17) is 17.0 Å². The summed E-state index contributed by atoms with van der Waals surface area (Å²) in [4.78, 5) is 1.25. The van der Waals surface area contributed by atoms with Crippen LogP contribution in [0.5, 0.6) is 0 Å². The van der Waals surface area contributed by atoms with Crippen LogP contribution < -0.4 is 10.6 Å². The Balaban J connectivity index is 2.11. The van der Waals surface area contributed by atoms with E-state index in [9.17, 15) is 0 Å². The number of benzene rings is 1. The average molecular weight is 335 g/mol. The highest BCUT2D eigenvalue weighted by molar-refractivity contribution is 7.80. The molecule has 0 aliphatic heterocycles. The molecule has 3 nitrogen and oxygen atoms in total. The molecule has 2 aromatic rings. The van der Waals surface area contributed by atoms with E-state index in [2.05, 4.69) is 59.3 Å². The largest absolute Gasteiger partial charge is 0.383 e. The Labute approximate surface area is 141 Å². The lowest BCUT2D eigenvalue weighted by molar-refractivity contribution is 0.204. The second-order valence-electron chi connectivity index (χ2n) is 4.94. The van der Waals surface area contributed by atoms with Gasteiger partial charge in [0, 0.05) is 18.5 Å². The van der Waals surface area contributed by atoms with Gasteiger partial charge in [-0.3, -0.25) is 0 Å². The van der Waals surface area contributed by atoms with E-state index in [0.717, 1.165) is 6.42 Å². The molecule has 118 valence electrons. The van der Waals surface area contributed by atoms with Gasteiger partial charge in [0.15, 0.2) is 5.11 Å². The van der Waals surface area contributed by atoms with Crippen LogP contribution in [-0.4, -0.2) is 25.4 Å². The molecular formula is C17H22N2OS2. The van der Waals surface area contributed by atoms with Gasteiger partial charge in [-0.25, -0.2) is 0 Å². The van der Waals surface area contributed by atoms with Crippen molar-refractivity contribution in [2.24, 2.45) is 0 Å². The van der Waals surface area contributed by atoms with Crippen LogP contribution in [0.25, 0.3) is 0 Å². The van der Waals surface area contributed by atoms with Crippen LogP contribution in [0.3, 0.4) is 0 Å². The summed E-state index contributed by atoms with van der Waals surface area (Å²) in [7, 11) is 1.68. The summed E-state index contributed by atoms with van der Waals surface area (Å²) in [5.74, 6) is 0. The molecule has 0 aliphatic carbocycles. The monoisotopic (exact) mass is 334 g/mol. The first-order valence-electron chi connectivity index (χ1n) is 7.40. The highest BCUT2D eigenvalue weighted by Gasteiger charge is 2.16. The van der Waals surface area contributed by atoms with Crippen LogP contribution in [0.2, 0.25) is 0 Å². The number of ether oxygens (including phenoxy) is 1. The Bertz CT molecular complexity index is 567. The highest BCUT2D eigenvalue weighted by Crippen LogP contribution is 2.26. The Hall–Kier alpha value is -1.43. The molecule has 22 heavy (non-hydrogen) atoms. The van der Waals surface area contributed by atoms with E-state index >= 15 is 0 Å². The van der Waals surface area contributed by atoms with Crippen molar-refractivity contribution in [3.63, 3.8) is 0 Å². The molecule has 0 radical (unpaired) electrons. The highest BCUT2D eigenvalue weighted by atomic mass is 32.1. The first-order chi connectivity index (χ1) is 10.7. The minimum Gasteiger partial charge on any atom is -0.383 e. The quantitative estimate of drug-likeness (QED) is 0.600. The van der Waals surface area contributed by atoms with Gasteiger partial charge in [0.25, 0.3) is 0 Å². The van der Waals surface area contributed by atoms with Crippen molar-refractivity contribution in [2.75, 3.05) is 20.3 Å². The van der Waals surface area contributed by atoms with Crippen LogP contribution in [0.4, 0.5) is 0 Å². The van der Waals surface area contributed by atoms with Crippen molar-refractivity contribution >= 4 is 28.7 Å². The number of hydrogen-bond acceptors (Lipinski definition) is 3. The topological polar surface area (TPSA) is 33.3 Å². The first-order valence-corrected chi connectivity index (χ1v) is 8.69. The van der Waals surface area contributed by atoms with Crippen LogP contribution in [0, 0.1) is 0 Å². The van der Waals surface area contributed by atoms with E-state index in [1.165, 1.54) is 16.0 Å². The van der Waals surface area contributed by atoms with Gasteiger partial charge in [0.1, 0.15) is 0 Å². The number of nitrogens with one attached hydrogen (secondary N) is 2. The van der Waals surface area contributed by atoms with E-state index in [1.807, 2.05) is 0 Å². The fraction of sp³-hybridized carbons (Fsp3) is 0.353. The Kier molecular flexibility index (Phi) is 6.83. The zero-order chi connectivity index (χ0) is 15.8. The van der Waals surface area contributed by atoms with Crippen LogP contribution in [0.1, 0.15) is 29.0 Å². The average Bonchev–Trinajstić information content (AvgIpc) is 3.07. The normalized spacial score (nSPS) is 11.9.